The van der Waals surface area contributed by atoms with E-state index in [-0.39, 0.29) is 10.8 Å². The van der Waals surface area contributed by atoms with Crippen molar-refractivity contribution in [2.45, 2.75) is 33.7 Å². The number of pyridine rings is 1. The number of anilines is 1. The molecule has 1 fully saturated rings. The summed E-state index contributed by atoms with van der Waals surface area (Å²) in [6.45, 7) is 0. The molecule has 2 aromatic carbocycles. The number of rotatable bonds is 8. The van der Waals surface area contributed by atoms with Gasteiger partial charge in [0.2, 0.25) is 0 Å². The summed E-state index contributed by atoms with van der Waals surface area (Å²) >= 11 is 1.43. The Hall–Kier alpha value is -3.04. The first-order chi connectivity index (χ1) is 14.9. The van der Waals surface area contributed by atoms with Crippen LogP contribution in [0.1, 0.15) is 23.2 Å². The number of sulfonamides is 1. The summed E-state index contributed by atoms with van der Waals surface area (Å²) in [7, 11) is -2.16. The lowest BCUT2D eigenvalue weighted by atomic mass is 10.3. The smallest absolute Gasteiger partial charge is 0.261 e. The molecule has 1 heterocycles. The maximum atomic E-state index is 12.5. The lowest BCUT2D eigenvalue weighted by Gasteiger charge is -2.09. The van der Waals surface area contributed by atoms with Crippen molar-refractivity contribution in [3.05, 3.63) is 72.4 Å². The normalized spacial score (nSPS) is 13.5. The second kappa shape index (κ2) is 8.99. The third-order valence-corrected chi connectivity index (χ3v) is 6.97. The van der Waals surface area contributed by atoms with Crippen LogP contribution in [0.5, 0.6) is 5.75 Å². The van der Waals surface area contributed by atoms with Gasteiger partial charge in [-0.15, -0.1) is 0 Å². The summed E-state index contributed by atoms with van der Waals surface area (Å²) in [5, 5.41) is 3.68. The van der Waals surface area contributed by atoms with Crippen LogP contribution in [0.2, 0.25) is 0 Å². The van der Waals surface area contributed by atoms with E-state index in [0.717, 1.165) is 22.8 Å². The van der Waals surface area contributed by atoms with E-state index in [9.17, 15) is 13.2 Å². The van der Waals surface area contributed by atoms with Crippen molar-refractivity contribution in [2.24, 2.45) is 0 Å². The predicted molar refractivity (Wildman–Crippen MR) is 119 cm³/mol. The zero-order chi connectivity index (χ0) is 21.8. The number of amides is 1. The van der Waals surface area contributed by atoms with Gasteiger partial charge in [0.15, 0.2) is 0 Å². The van der Waals surface area contributed by atoms with Gasteiger partial charge in [0.1, 0.15) is 10.8 Å². The number of nitrogens with one attached hydrogen (secondary N) is 2. The molecule has 0 radical (unpaired) electrons. The maximum Gasteiger partial charge on any atom is 0.261 e. The molecule has 0 atom stereocenters. The number of benzene rings is 2. The van der Waals surface area contributed by atoms with Crippen LogP contribution >= 0.6 is 11.8 Å². The Morgan fingerprint density at radius 2 is 1.74 bits per heavy atom. The summed E-state index contributed by atoms with van der Waals surface area (Å²) in [4.78, 5) is 17.4. The molecule has 2 N–H and O–H groups in total. The van der Waals surface area contributed by atoms with Crippen LogP contribution in [-0.4, -0.2) is 32.5 Å². The van der Waals surface area contributed by atoms with Gasteiger partial charge >= 0.3 is 0 Å². The average molecular weight is 456 g/mol. The molecule has 1 aliphatic carbocycles. The van der Waals surface area contributed by atoms with Gasteiger partial charge in [-0.05, 0) is 73.5 Å². The van der Waals surface area contributed by atoms with E-state index < -0.39 is 10.0 Å². The number of carbonyl (C=O) groups excluding carboxylic acids is 1. The van der Waals surface area contributed by atoms with Crippen LogP contribution < -0.4 is 14.8 Å². The van der Waals surface area contributed by atoms with Crippen LogP contribution in [0, 0.1) is 0 Å². The Kier molecular flexibility index (Phi) is 6.15. The van der Waals surface area contributed by atoms with E-state index in [0.29, 0.717) is 23.0 Å². The molecule has 4 rings (SSSR count). The lowest BCUT2D eigenvalue weighted by molar-refractivity contribution is 0.0950. The van der Waals surface area contributed by atoms with Gasteiger partial charge in [0, 0.05) is 22.8 Å². The van der Waals surface area contributed by atoms with Gasteiger partial charge in [-0.2, -0.15) is 0 Å². The van der Waals surface area contributed by atoms with Crippen molar-refractivity contribution in [3.8, 4) is 5.75 Å². The highest BCUT2D eigenvalue weighted by Gasteiger charge is 2.23. The summed E-state index contributed by atoms with van der Waals surface area (Å²) in [6.07, 6.45) is 3.65. The number of hydrogen-bond acceptors (Lipinski definition) is 6. The minimum atomic E-state index is -3.69. The summed E-state index contributed by atoms with van der Waals surface area (Å²) in [5.41, 5.74) is 1.000. The summed E-state index contributed by atoms with van der Waals surface area (Å²) in [6, 6.07) is 17.1. The maximum absolute atomic E-state index is 12.5. The van der Waals surface area contributed by atoms with Crippen LogP contribution in [0.4, 0.5) is 5.69 Å². The van der Waals surface area contributed by atoms with E-state index in [1.165, 1.54) is 31.0 Å². The van der Waals surface area contributed by atoms with Gasteiger partial charge < -0.3 is 10.1 Å². The molecule has 0 saturated heterocycles. The molecule has 1 amide bonds. The second-order valence-electron chi connectivity index (χ2n) is 7.04. The Bertz CT molecular complexity index is 1160. The molecular formula is C22H21N3O4S2. The fourth-order valence-corrected chi connectivity index (χ4v) is 4.57. The van der Waals surface area contributed by atoms with E-state index >= 15 is 0 Å². The highest BCUT2D eigenvalue weighted by molar-refractivity contribution is 7.99. The van der Waals surface area contributed by atoms with Gasteiger partial charge in [-0.3, -0.25) is 9.52 Å². The van der Waals surface area contributed by atoms with Crippen molar-refractivity contribution in [2.75, 3.05) is 11.8 Å². The summed E-state index contributed by atoms with van der Waals surface area (Å²) in [5.74, 6) is 0.491. The number of carbonyl (C=O) groups is 1. The molecule has 7 nitrogen and oxygen atoms in total. The van der Waals surface area contributed by atoms with E-state index in [4.69, 9.17) is 4.74 Å². The van der Waals surface area contributed by atoms with Crippen molar-refractivity contribution in [1.82, 2.24) is 10.3 Å². The highest BCUT2D eigenvalue weighted by Crippen LogP contribution is 2.28. The Labute approximate surface area is 185 Å². The molecule has 3 aromatic rings. The molecule has 1 aromatic heterocycles. The SMILES string of the molecule is COc1ccc(S(=O)(=O)Nc2ccc(Sc3ccc(C(=O)NC4CC4)cn3)cc2)cc1. The zero-order valence-corrected chi connectivity index (χ0v) is 18.4. The predicted octanol–water partition coefficient (Wildman–Crippen LogP) is 3.93. The quantitative estimate of drug-likeness (QED) is 0.534. The molecule has 0 unspecified atom stereocenters. The van der Waals surface area contributed by atoms with E-state index in [1.54, 1.807) is 42.6 Å². The average Bonchev–Trinajstić information content (AvgIpc) is 3.59. The number of nitrogens with zero attached hydrogens (tertiary/aromatic N) is 1. The minimum Gasteiger partial charge on any atom is -0.497 e. The first kappa shape index (κ1) is 21.2. The van der Waals surface area contributed by atoms with Gasteiger partial charge in [0.25, 0.3) is 15.9 Å². The van der Waals surface area contributed by atoms with Crippen molar-refractivity contribution < 1.29 is 17.9 Å². The highest BCUT2D eigenvalue weighted by atomic mass is 32.2. The van der Waals surface area contributed by atoms with E-state index in [1.807, 2.05) is 12.1 Å². The Balaban J connectivity index is 1.37. The van der Waals surface area contributed by atoms with Crippen LogP contribution in [0.3, 0.4) is 0 Å². The first-order valence-electron chi connectivity index (χ1n) is 9.65. The number of methoxy groups -OCH3 is 1. The van der Waals surface area contributed by atoms with Crippen molar-refractivity contribution >= 4 is 33.4 Å². The fourth-order valence-electron chi connectivity index (χ4n) is 2.75. The third-order valence-electron chi connectivity index (χ3n) is 4.61. The van der Waals surface area contributed by atoms with Gasteiger partial charge in [-0.25, -0.2) is 13.4 Å². The number of hydrogen-bond donors (Lipinski definition) is 2. The molecule has 0 bridgehead atoms. The molecule has 0 spiro atoms. The number of ether oxygens (including phenoxy) is 1. The standard InChI is InChI=1S/C22H21N3O4S2/c1-29-18-7-11-20(12-8-18)31(27,28)25-17-5-9-19(10-6-17)30-21-13-2-15(14-23-21)22(26)24-16-3-4-16/h2,5-14,16,25H,3-4H2,1H3,(H,24,26). The largest absolute Gasteiger partial charge is 0.497 e. The van der Waals surface area contributed by atoms with Crippen LogP contribution in [0.15, 0.2) is 81.7 Å². The lowest BCUT2D eigenvalue weighted by Crippen LogP contribution is -2.25. The van der Waals surface area contributed by atoms with Gasteiger partial charge in [0.05, 0.1) is 17.6 Å². The molecule has 9 heteroatoms. The zero-order valence-electron chi connectivity index (χ0n) is 16.7. The fraction of sp³-hybridized carbons (Fsp3) is 0.182. The van der Waals surface area contributed by atoms with Crippen molar-refractivity contribution in [3.63, 3.8) is 0 Å². The first-order valence-corrected chi connectivity index (χ1v) is 11.9. The van der Waals surface area contributed by atoms with Crippen LogP contribution in [0.25, 0.3) is 0 Å². The molecule has 1 saturated carbocycles. The van der Waals surface area contributed by atoms with Crippen molar-refractivity contribution in [1.29, 1.82) is 0 Å². The Morgan fingerprint density at radius 1 is 1.03 bits per heavy atom. The molecule has 31 heavy (non-hydrogen) atoms. The topological polar surface area (TPSA) is 97.4 Å². The third kappa shape index (κ3) is 5.56. The summed E-state index contributed by atoms with van der Waals surface area (Å²) < 4.78 is 32.7. The van der Waals surface area contributed by atoms with Crippen LogP contribution in [-0.2, 0) is 10.0 Å². The monoisotopic (exact) mass is 455 g/mol. The molecular weight excluding hydrogens is 434 g/mol. The minimum absolute atomic E-state index is 0.0972. The van der Waals surface area contributed by atoms with Gasteiger partial charge in [-0.1, -0.05) is 11.8 Å². The van der Waals surface area contributed by atoms with E-state index in [2.05, 4.69) is 15.0 Å². The second-order valence-corrected chi connectivity index (χ2v) is 9.82. The molecule has 1 aliphatic rings. The molecule has 0 aliphatic heterocycles. The number of aromatic nitrogens is 1. The molecule has 160 valence electrons. The Morgan fingerprint density at radius 3 is 2.32 bits per heavy atom.